The number of aromatic nitrogens is 2. The van der Waals surface area contributed by atoms with Crippen molar-refractivity contribution in [1.82, 2.24) is 24.7 Å². The van der Waals surface area contributed by atoms with Crippen molar-refractivity contribution >= 4 is 32.8 Å². The first-order chi connectivity index (χ1) is 25.3. The van der Waals surface area contributed by atoms with Crippen molar-refractivity contribution in [2.24, 2.45) is 5.41 Å². The van der Waals surface area contributed by atoms with Gasteiger partial charge >= 0.3 is 5.97 Å². The molecular weight excluding hydrogens is 695 g/mol. The Morgan fingerprint density at radius 3 is 2.64 bits per heavy atom. The minimum Gasteiger partial charge on any atom is -0.508 e. The molecule has 3 aliphatic rings. The van der Waals surface area contributed by atoms with Crippen LogP contribution >= 0.6 is 0 Å². The summed E-state index contributed by atoms with van der Waals surface area (Å²) in [6.07, 6.45) is 4.16. The predicted molar refractivity (Wildman–Crippen MR) is 202 cm³/mol. The van der Waals surface area contributed by atoms with Gasteiger partial charge in [-0.3, -0.25) is 19.6 Å². The van der Waals surface area contributed by atoms with E-state index < -0.39 is 44.6 Å². The first kappa shape index (κ1) is 37.0. The smallest absolute Gasteiger partial charge is 0.324 e. The van der Waals surface area contributed by atoms with E-state index in [4.69, 9.17) is 14.5 Å². The Hall–Kier alpha value is -4.30. The van der Waals surface area contributed by atoms with Crippen LogP contribution in [-0.4, -0.2) is 77.6 Å². The third-order valence-electron chi connectivity index (χ3n) is 10.6. The Bertz CT molecular complexity index is 2160. The zero-order valence-electron chi connectivity index (χ0n) is 31.0. The number of sulfonamides is 1. The van der Waals surface area contributed by atoms with E-state index in [0.717, 1.165) is 44.5 Å². The molecule has 6 bridgehead atoms. The summed E-state index contributed by atoms with van der Waals surface area (Å²) in [6, 6.07) is 13.5. The van der Waals surface area contributed by atoms with Crippen molar-refractivity contribution in [3.63, 3.8) is 0 Å². The fourth-order valence-corrected chi connectivity index (χ4v) is 9.25. The fraction of sp³-hybridized carbons (Fsp3) is 0.475. The van der Waals surface area contributed by atoms with Crippen molar-refractivity contribution in [3.05, 3.63) is 71.5 Å². The Labute approximate surface area is 310 Å². The number of phenols is 1. The molecule has 2 aromatic heterocycles. The molecule has 53 heavy (non-hydrogen) atoms. The summed E-state index contributed by atoms with van der Waals surface area (Å²) in [4.78, 5) is 32.4. The van der Waals surface area contributed by atoms with E-state index in [1.54, 1.807) is 25.4 Å². The lowest BCUT2D eigenvalue weighted by atomic mass is 9.84. The number of cyclic esters (lactones) is 1. The highest BCUT2D eigenvalue weighted by atomic mass is 32.2. The van der Waals surface area contributed by atoms with Gasteiger partial charge in [0, 0.05) is 48.3 Å². The monoisotopic (exact) mass is 743 g/mol. The molecule has 2 aliphatic heterocycles. The maximum Gasteiger partial charge on any atom is 0.324 e. The number of esters is 1. The van der Waals surface area contributed by atoms with Crippen LogP contribution in [0.25, 0.3) is 33.3 Å². The normalized spacial score (nSPS) is 21.6. The SMILES string of the molecule is CCn1c(-c2cccnc2[C@H](C)OC)c2c3cc(ccc31)-c1cc(O)cc(c1)C[C@H](NS(=O)(=O)C1CC1)C(=O)N1CCC[C@H](N1)C(=O)OCC(C)(C)C2. The summed E-state index contributed by atoms with van der Waals surface area (Å²) in [5.41, 5.74) is 9.61. The number of carbonyl (C=O) groups excluding carboxylic acids is 2. The maximum absolute atomic E-state index is 14.1. The highest BCUT2D eigenvalue weighted by Gasteiger charge is 2.41. The van der Waals surface area contributed by atoms with E-state index in [1.165, 1.54) is 5.01 Å². The van der Waals surface area contributed by atoms with Gasteiger partial charge in [0.1, 0.15) is 17.8 Å². The number of aryl methyl sites for hydroxylation is 1. The molecule has 4 aromatic rings. The summed E-state index contributed by atoms with van der Waals surface area (Å²) in [7, 11) is -2.09. The fourth-order valence-electron chi connectivity index (χ4n) is 7.72. The average Bonchev–Trinajstić information content (AvgIpc) is 3.97. The van der Waals surface area contributed by atoms with Crippen LogP contribution in [0.5, 0.6) is 5.75 Å². The largest absolute Gasteiger partial charge is 0.508 e. The molecular formula is C40H49N5O7S. The second-order valence-corrected chi connectivity index (χ2v) is 17.4. The Morgan fingerprint density at radius 2 is 1.91 bits per heavy atom. The molecule has 0 spiro atoms. The van der Waals surface area contributed by atoms with Gasteiger partial charge in [-0.1, -0.05) is 26.0 Å². The number of fused-ring (bicyclic) bond motifs is 6. The number of rotatable bonds is 7. The Balaban J connectivity index is 1.41. The standard InChI is InChI=1S/C40H49N5O7S/c1-6-44-35-14-11-26-21-31(35)32(37(44)30-9-7-15-41-36(30)24(2)51-5)22-40(3,4)23-52-39(48)33-10-8-16-45(42-33)38(47)34(43-53(49,50)29-12-13-29)19-25-17-27(26)20-28(46)18-25/h7,9,11,14-15,17-18,20-21,24,29,33-34,42-43,46H,6,8,10,12-13,16,19,22-23H2,1-5H3/t24-,33-,34-/m0/s1. The van der Waals surface area contributed by atoms with Crippen molar-refractivity contribution in [2.45, 2.75) is 96.2 Å². The van der Waals surface area contributed by atoms with Gasteiger partial charge in [0.05, 0.1) is 29.3 Å². The lowest BCUT2D eigenvalue weighted by molar-refractivity contribution is -0.155. The Morgan fingerprint density at radius 1 is 1.11 bits per heavy atom. The van der Waals surface area contributed by atoms with Gasteiger partial charge in [-0.05, 0) is 111 Å². The molecule has 2 fully saturated rings. The number of carbonyl (C=O) groups is 2. The number of ether oxygens (including phenoxy) is 2. The molecule has 13 heteroatoms. The Kier molecular flexibility index (Phi) is 10.1. The zero-order chi connectivity index (χ0) is 37.7. The van der Waals surface area contributed by atoms with Crippen LogP contribution in [0.4, 0.5) is 0 Å². The molecule has 3 N–H and O–H groups in total. The van der Waals surface area contributed by atoms with Crippen LogP contribution in [0.15, 0.2) is 54.7 Å². The molecule has 1 amide bonds. The van der Waals surface area contributed by atoms with E-state index in [-0.39, 0.29) is 24.9 Å². The highest BCUT2D eigenvalue weighted by Crippen LogP contribution is 2.42. The molecule has 1 saturated carbocycles. The van der Waals surface area contributed by atoms with Crippen molar-refractivity contribution in [2.75, 3.05) is 20.3 Å². The van der Waals surface area contributed by atoms with E-state index >= 15 is 0 Å². The van der Waals surface area contributed by atoms with Gasteiger partial charge in [-0.25, -0.2) is 18.6 Å². The van der Waals surface area contributed by atoms with Gasteiger partial charge in [0.15, 0.2) is 0 Å². The molecule has 282 valence electrons. The molecule has 0 radical (unpaired) electrons. The van der Waals surface area contributed by atoms with Crippen molar-refractivity contribution in [1.29, 1.82) is 0 Å². The summed E-state index contributed by atoms with van der Waals surface area (Å²) in [5.74, 6) is -0.953. The van der Waals surface area contributed by atoms with Crippen molar-refractivity contribution in [3.8, 4) is 28.1 Å². The molecule has 7 rings (SSSR count). The van der Waals surface area contributed by atoms with E-state index in [0.29, 0.717) is 50.8 Å². The van der Waals surface area contributed by atoms with Crippen LogP contribution in [0, 0.1) is 5.41 Å². The number of benzene rings is 2. The number of aromatic hydroxyl groups is 1. The third-order valence-corrected chi connectivity index (χ3v) is 12.6. The minimum absolute atomic E-state index is 0.00100. The second-order valence-electron chi connectivity index (χ2n) is 15.4. The topological polar surface area (TPSA) is 152 Å². The number of hydrazine groups is 1. The number of methoxy groups -OCH3 is 1. The van der Waals surface area contributed by atoms with Crippen molar-refractivity contribution < 1.29 is 32.6 Å². The molecule has 1 saturated heterocycles. The van der Waals surface area contributed by atoms with Gasteiger partial charge in [-0.2, -0.15) is 0 Å². The number of amides is 1. The van der Waals surface area contributed by atoms with E-state index in [9.17, 15) is 23.1 Å². The van der Waals surface area contributed by atoms with Crippen LogP contribution < -0.4 is 10.1 Å². The number of pyridine rings is 1. The first-order valence-corrected chi connectivity index (χ1v) is 20.0. The molecule has 3 atom stereocenters. The van der Waals surface area contributed by atoms with Crippen LogP contribution in [0.3, 0.4) is 0 Å². The molecule has 2 aromatic carbocycles. The van der Waals surface area contributed by atoms with Gasteiger partial charge in [0.25, 0.3) is 5.91 Å². The van der Waals surface area contributed by atoms with Gasteiger partial charge in [0.2, 0.25) is 10.0 Å². The molecule has 12 nitrogen and oxygen atoms in total. The van der Waals surface area contributed by atoms with Crippen LogP contribution in [0.2, 0.25) is 0 Å². The van der Waals surface area contributed by atoms with Crippen LogP contribution in [0.1, 0.15) is 76.3 Å². The molecule has 4 heterocycles. The number of nitrogens with one attached hydrogen (secondary N) is 2. The lowest BCUT2D eigenvalue weighted by Gasteiger charge is -2.35. The van der Waals surface area contributed by atoms with E-state index in [2.05, 4.69) is 53.7 Å². The predicted octanol–water partition coefficient (Wildman–Crippen LogP) is 5.42. The lowest BCUT2D eigenvalue weighted by Crippen LogP contribution is -2.60. The van der Waals surface area contributed by atoms with E-state index in [1.807, 2.05) is 25.1 Å². The number of hydrogen-bond donors (Lipinski definition) is 3. The summed E-state index contributed by atoms with van der Waals surface area (Å²) in [6.45, 7) is 9.36. The molecule has 1 aliphatic carbocycles. The number of phenolic OH excluding ortho intramolecular Hbond substituents is 1. The average molecular weight is 744 g/mol. The number of hydrogen-bond acceptors (Lipinski definition) is 9. The molecule has 0 unspecified atom stereocenters. The quantitative estimate of drug-likeness (QED) is 0.211. The third kappa shape index (κ3) is 7.57. The van der Waals surface area contributed by atoms with Gasteiger partial charge in [-0.15, -0.1) is 0 Å². The van der Waals surface area contributed by atoms with Crippen LogP contribution in [-0.2, 0) is 48.5 Å². The summed E-state index contributed by atoms with van der Waals surface area (Å²) >= 11 is 0. The minimum atomic E-state index is -3.77. The summed E-state index contributed by atoms with van der Waals surface area (Å²) in [5, 5.41) is 12.9. The zero-order valence-corrected chi connectivity index (χ0v) is 31.8. The highest BCUT2D eigenvalue weighted by molar-refractivity contribution is 7.90. The summed E-state index contributed by atoms with van der Waals surface area (Å²) < 4.78 is 43.2. The maximum atomic E-state index is 14.1. The number of nitrogens with zero attached hydrogens (tertiary/aromatic N) is 3. The van der Waals surface area contributed by atoms with Gasteiger partial charge < -0.3 is 19.1 Å². The first-order valence-electron chi connectivity index (χ1n) is 18.5. The second kappa shape index (κ2) is 14.5.